The van der Waals surface area contributed by atoms with Crippen molar-refractivity contribution in [2.45, 2.75) is 5.92 Å². The van der Waals surface area contributed by atoms with Crippen LogP contribution in [0.5, 0.6) is 5.75 Å². The van der Waals surface area contributed by atoms with E-state index in [-0.39, 0.29) is 17.0 Å². The third kappa shape index (κ3) is 4.20. The van der Waals surface area contributed by atoms with Gasteiger partial charge in [-0.2, -0.15) is 10.4 Å². The lowest BCUT2D eigenvalue weighted by Gasteiger charge is -2.11. The molecule has 1 amide bonds. The average Bonchev–Trinajstić information content (AvgIpc) is 2.65. The van der Waals surface area contributed by atoms with Gasteiger partial charge in [0.1, 0.15) is 11.7 Å². The van der Waals surface area contributed by atoms with Crippen LogP contribution in [0.3, 0.4) is 0 Å². The molecule has 0 saturated carbocycles. The van der Waals surface area contributed by atoms with Crippen molar-refractivity contribution in [3.05, 3.63) is 65.7 Å². The number of carbonyl (C=O) groups excluding carboxylic acids is 2. The minimum atomic E-state index is -1.02. The zero-order valence-electron chi connectivity index (χ0n) is 13.3. The van der Waals surface area contributed by atoms with Crippen LogP contribution in [0.15, 0.2) is 59.7 Å². The molecule has 0 aliphatic rings. The lowest BCUT2D eigenvalue weighted by molar-refractivity contribution is -0.132. The van der Waals surface area contributed by atoms with E-state index in [4.69, 9.17) is 0 Å². The van der Waals surface area contributed by atoms with Crippen LogP contribution in [0.1, 0.15) is 21.8 Å². The third-order valence-corrected chi connectivity index (χ3v) is 3.36. The topological polar surface area (TPSA) is 112 Å². The molecular formula is C18H15N3O4. The van der Waals surface area contributed by atoms with E-state index in [0.717, 1.165) is 7.11 Å². The number of para-hydroxylation sites is 1. The predicted molar refractivity (Wildman–Crippen MR) is 89.8 cm³/mol. The van der Waals surface area contributed by atoms with E-state index in [1.54, 1.807) is 42.5 Å². The summed E-state index contributed by atoms with van der Waals surface area (Å²) in [5.41, 5.74) is 2.44. The zero-order valence-corrected chi connectivity index (χ0v) is 13.3. The van der Waals surface area contributed by atoms with Gasteiger partial charge in [0.15, 0.2) is 5.71 Å². The Balaban J connectivity index is 2.33. The van der Waals surface area contributed by atoms with Crippen molar-refractivity contribution >= 4 is 17.6 Å². The van der Waals surface area contributed by atoms with Gasteiger partial charge in [0.2, 0.25) is 0 Å². The summed E-state index contributed by atoms with van der Waals surface area (Å²) >= 11 is 0. The van der Waals surface area contributed by atoms with Crippen LogP contribution < -0.4 is 5.43 Å². The summed E-state index contributed by atoms with van der Waals surface area (Å²) in [6, 6.07) is 16.4. The average molecular weight is 337 g/mol. The summed E-state index contributed by atoms with van der Waals surface area (Å²) in [5.74, 6) is -2.80. The van der Waals surface area contributed by atoms with E-state index in [9.17, 15) is 20.0 Å². The Morgan fingerprint density at radius 1 is 1.16 bits per heavy atom. The van der Waals surface area contributed by atoms with E-state index < -0.39 is 17.8 Å². The number of hydrogen-bond donors (Lipinski definition) is 2. The Kier molecular flexibility index (Phi) is 5.85. The minimum Gasteiger partial charge on any atom is -0.507 e. The molecule has 0 bridgehead atoms. The summed E-state index contributed by atoms with van der Waals surface area (Å²) in [5, 5.41) is 22.9. The molecule has 25 heavy (non-hydrogen) atoms. The number of nitrogens with one attached hydrogen (secondary N) is 1. The first-order valence-corrected chi connectivity index (χ1v) is 7.27. The normalized spacial score (nSPS) is 11.9. The standard InChI is InChI=1S/C18H15N3O4/c1-25-18(24)16(14(11-19)12-7-3-2-4-8-12)20-21-17(23)13-9-5-6-10-15(13)22/h2-10,14,22H,1H3,(H,21,23)/b20-16-. The molecule has 1 atom stereocenters. The number of esters is 1. The summed E-state index contributed by atoms with van der Waals surface area (Å²) in [4.78, 5) is 24.1. The molecule has 2 N–H and O–H groups in total. The molecule has 0 fully saturated rings. The molecule has 1 unspecified atom stereocenters. The van der Waals surface area contributed by atoms with E-state index >= 15 is 0 Å². The fraction of sp³-hybridized carbons (Fsp3) is 0.111. The molecule has 7 nitrogen and oxygen atoms in total. The maximum absolute atomic E-state index is 12.1. The zero-order chi connectivity index (χ0) is 18.2. The maximum atomic E-state index is 12.1. The lowest BCUT2D eigenvalue weighted by Crippen LogP contribution is -2.28. The van der Waals surface area contributed by atoms with Gasteiger partial charge in [0.25, 0.3) is 5.91 Å². The van der Waals surface area contributed by atoms with Crippen molar-refractivity contribution in [3.8, 4) is 11.8 Å². The number of amides is 1. The molecule has 2 rings (SSSR count). The van der Waals surface area contributed by atoms with E-state index in [1.165, 1.54) is 12.1 Å². The molecule has 0 radical (unpaired) electrons. The Hall–Kier alpha value is -3.66. The highest BCUT2D eigenvalue weighted by molar-refractivity contribution is 6.39. The van der Waals surface area contributed by atoms with Crippen LogP contribution in [0.4, 0.5) is 0 Å². The number of carbonyl (C=O) groups is 2. The number of phenols is 1. The predicted octanol–water partition coefficient (Wildman–Crippen LogP) is 1.96. The van der Waals surface area contributed by atoms with Crippen molar-refractivity contribution in [1.29, 1.82) is 5.26 Å². The molecule has 2 aromatic rings. The van der Waals surface area contributed by atoms with Gasteiger partial charge < -0.3 is 9.84 Å². The summed E-state index contributed by atoms with van der Waals surface area (Å²) in [6.45, 7) is 0. The second kappa shape index (κ2) is 8.26. The van der Waals surface area contributed by atoms with Crippen LogP contribution in [-0.4, -0.2) is 29.8 Å². The number of aromatic hydroxyl groups is 1. The van der Waals surface area contributed by atoms with Gasteiger partial charge in [-0.25, -0.2) is 10.2 Å². The number of benzene rings is 2. The summed E-state index contributed by atoms with van der Waals surface area (Å²) in [7, 11) is 1.15. The Morgan fingerprint density at radius 2 is 1.80 bits per heavy atom. The number of rotatable bonds is 5. The number of nitrogens with zero attached hydrogens (tertiary/aromatic N) is 2. The van der Waals surface area contributed by atoms with E-state index in [0.29, 0.717) is 5.56 Å². The molecule has 0 aliphatic heterocycles. The first-order valence-electron chi connectivity index (χ1n) is 7.27. The van der Waals surface area contributed by atoms with Crippen molar-refractivity contribution in [2.24, 2.45) is 5.10 Å². The molecule has 2 aromatic carbocycles. The van der Waals surface area contributed by atoms with Gasteiger partial charge in [-0.15, -0.1) is 0 Å². The maximum Gasteiger partial charge on any atom is 0.355 e. The van der Waals surface area contributed by atoms with Crippen molar-refractivity contribution in [3.63, 3.8) is 0 Å². The fourth-order valence-electron chi connectivity index (χ4n) is 2.11. The third-order valence-electron chi connectivity index (χ3n) is 3.36. The Bertz CT molecular complexity index is 841. The Morgan fingerprint density at radius 3 is 2.40 bits per heavy atom. The molecular weight excluding hydrogens is 322 g/mol. The summed E-state index contributed by atoms with van der Waals surface area (Å²) in [6.07, 6.45) is 0. The second-order valence-electron chi connectivity index (χ2n) is 4.92. The van der Waals surface area contributed by atoms with Crippen LogP contribution in [0, 0.1) is 11.3 Å². The van der Waals surface area contributed by atoms with Crippen LogP contribution in [-0.2, 0) is 9.53 Å². The molecule has 0 saturated heterocycles. The first kappa shape index (κ1) is 17.7. The largest absolute Gasteiger partial charge is 0.507 e. The lowest BCUT2D eigenvalue weighted by atomic mass is 9.95. The van der Waals surface area contributed by atoms with Gasteiger partial charge in [-0.3, -0.25) is 4.79 Å². The highest BCUT2D eigenvalue weighted by Crippen LogP contribution is 2.18. The molecule has 0 aliphatic carbocycles. The highest BCUT2D eigenvalue weighted by atomic mass is 16.5. The van der Waals surface area contributed by atoms with Crippen LogP contribution in [0.25, 0.3) is 0 Å². The van der Waals surface area contributed by atoms with E-state index in [1.807, 2.05) is 6.07 Å². The van der Waals surface area contributed by atoms with Gasteiger partial charge >= 0.3 is 5.97 Å². The van der Waals surface area contributed by atoms with Gasteiger partial charge in [-0.1, -0.05) is 42.5 Å². The number of hydrogen-bond acceptors (Lipinski definition) is 6. The van der Waals surface area contributed by atoms with Gasteiger partial charge in [0, 0.05) is 0 Å². The SMILES string of the molecule is COC(=O)/C(=N\NC(=O)c1ccccc1O)C(C#N)c1ccccc1. The quantitative estimate of drug-likeness (QED) is 0.492. The summed E-state index contributed by atoms with van der Waals surface area (Å²) < 4.78 is 4.66. The molecule has 0 spiro atoms. The number of ether oxygens (including phenoxy) is 1. The minimum absolute atomic E-state index is 0.0105. The Labute approximate surface area is 144 Å². The van der Waals surface area contributed by atoms with Crippen LogP contribution >= 0.6 is 0 Å². The fourth-order valence-corrected chi connectivity index (χ4v) is 2.11. The first-order chi connectivity index (χ1) is 12.1. The molecule has 7 heteroatoms. The molecule has 0 aromatic heterocycles. The molecule has 0 heterocycles. The van der Waals surface area contributed by atoms with Crippen LogP contribution in [0.2, 0.25) is 0 Å². The smallest absolute Gasteiger partial charge is 0.355 e. The van der Waals surface area contributed by atoms with Gasteiger partial charge in [0.05, 0.1) is 18.7 Å². The second-order valence-corrected chi connectivity index (χ2v) is 4.92. The van der Waals surface area contributed by atoms with Crippen molar-refractivity contribution in [1.82, 2.24) is 5.43 Å². The van der Waals surface area contributed by atoms with Crippen molar-refractivity contribution in [2.75, 3.05) is 7.11 Å². The number of methoxy groups -OCH3 is 1. The highest BCUT2D eigenvalue weighted by Gasteiger charge is 2.26. The van der Waals surface area contributed by atoms with Crippen molar-refractivity contribution < 1.29 is 19.4 Å². The molecule has 126 valence electrons. The number of phenolic OH excluding ortho intramolecular Hbond substituents is 1. The number of nitriles is 1. The van der Waals surface area contributed by atoms with Gasteiger partial charge in [-0.05, 0) is 17.7 Å². The van der Waals surface area contributed by atoms with E-state index in [2.05, 4.69) is 15.3 Å². The number of hydrazone groups is 1. The monoisotopic (exact) mass is 337 g/mol.